The second kappa shape index (κ2) is 5.04. The SMILES string of the molecule is O[C@@H]1CC(c2ccc(F)cc2Cl)Oc2ccc(F)cc21. The van der Waals surface area contributed by atoms with Gasteiger partial charge in [-0.15, -0.1) is 0 Å². The molecule has 104 valence electrons. The van der Waals surface area contributed by atoms with Crippen LogP contribution in [-0.4, -0.2) is 5.11 Å². The summed E-state index contributed by atoms with van der Waals surface area (Å²) in [7, 11) is 0. The number of rotatable bonds is 1. The van der Waals surface area contributed by atoms with Crippen molar-refractivity contribution in [2.24, 2.45) is 0 Å². The third-order valence-corrected chi connectivity index (χ3v) is 3.67. The predicted octanol–water partition coefficient (Wildman–Crippen LogP) is 4.18. The van der Waals surface area contributed by atoms with E-state index in [1.807, 2.05) is 0 Å². The van der Waals surface area contributed by atoms with Crippen LogP contribution in [0.4, 0.5) is 8.78 Å². The van der Waals surface area contributed by atoms with E-state index in [9.17, 15) is 13.9 Å². The van der Waals surface area contributed by atoms with Gasteiger partial charge in [-0.1, -0.05) is 17.7 Å². The molecular formula is C15H11ClF2O2. The van der Waals surface area contributed by atoms with E-state index in [1.165, 1.54) is 36.4 Å². The van der Waals surface area contributed by atoms with Crippen LogP contribution in [0, 0.1) is 11.6 Å². The molecule has 3 rings (SSSR count). The Hall–Kier alpha value is -1.65. The topological polar surface area (TPSA) is 29.5 Å². The van der Waals surface area contributed by atoms with Crippen molar-refractivity contribution in [3.63, 3.8) is 0 Å². The van der Waals surface area contributed by atoms with E-state index in [-0.39, 0.29) is 11.4 Å². The van der Waals surface area contributed by atoms with Crippen molar-refractivity contribution in [3.05, 3.63) is 64.2 Å². The van der Waals surface area contributed by atoms with Gasteiger partial charge in [-0.3, -0.25) is 0 Å². The molecule has 2 aromatic carbocycles. The second-order valence-corrected chi connectivity index (χ2v) is 5.11. The Kier molecular flexibility index (Phi) is 3.36. The fourth-order valence-electron chi connectivity index (χ4n) is 2.37. The first-order chi connectivity index (χ1) is 9.54. The Labute approximate surface area is 119 Å². The first kappa shape index (κ1) is 13.3. The fraction of sp³-hybridized carbons (Fsp3) is 0.200. The summed E-state index contributed by atoms with van der Waals surface area (Å²) in [5.41, 5.74) is 1.02. The van der Waals surface area contributed by atoms with Crippen LogP contribution < -0.4 is 4.74 Å². The van der Waals surface area contributed by atoms with Crippen LogP contribution in [0.15, 0.2) is 36.4 Å². The number of fused-ring (bicyclic) bond motifs is 1. The summed E-state index contributed by atoms with van der Waals surface area (Å²) in [4.78, 5) is 0. The number of halogens is 3. The quantitative estimate of drug-likeness (QED) is 0.855. The highest BCUT2D eigenvalue weighted by Gasteiger charge is 2.29. The Morgan fingerprint density at radius 3 is 2.50 bits per heavy atom. The summed E-state index contributed by atoms with van der Waals surface area (Å²) >= 11 is 6.00. The first-order valence-corrected chi connectivity index (χ1v) is 6.51. The van der Waals surface area contributed by atoms with E-state index in [0.717, 1.165) is 0 Å². The van der Waals surface area contributed by atoms with E-state index < -0.39 is 23.8 Å². The molecule has 0 spiro atoms. The highest BCUT2D eigenvalue weighted by Crippen LogP contribution is 2.42. The zero-order chi connectivity index (χ0) is 14.3. The zero-order valence-electron chi connectivity index (χ0n) is 10.3. The van der Waals surface area contributed by atoms with Gasteiger partial charge < -0.3 is 9.84 Å². The van der Waals surface area contributed by atoms with Gasteiger partial charge in [0.15, 0.2) is 0 Å². The summed E-state index contributed by atoms with van der Waals surface area (Å²) in [6.45, 7) is 0. The lowest BCUT2D eigenvalue weighted by molar-refractivity contribution is 0.0653. The van der Waals surface area contributed by atoms with Gasteiger partial charge in [0.1, 0.15) is 23.5 Å². The van der Waals surface area contributed by atoms with Crippen molar-refractivity contribution in [2.45, 2.75) is 18.6 Å². The Balaban J connectivity index is 1.97. The van der Waals surface area contributed by atoms with Gasteiger partial charge >= 0.3 is 0 Å². The fourth-order valence-corrected chi connectivity index (χ4v) is 2.66. The number of benzene rings is 2. The van der Waals surface area contributed by atoms with Crippen molar-refractivity contribution in [1.29, 1.82) is 0 Å². The van der Waals surface area contributed by atoms with E-state index in [4.69, 9.17) is 16.3 Å². The number of aliphatic hydroxyl groups excluding tert-OH is 1. The average Bonchev–Trinajstić information content (AvgIpc) is 2.39. The normalized spacial score (nSPS) is 21.2. The third kappa shape index (κ3) is 2.37. The molecule has 2 nitrogen and oxygen atoms in total. The van der Waals surface area contributed by atoms with Gasteiger partial charge in [-0.2, -0.15) is 0 Å². The number of ether oxygens (including phenoxy) is 1. The van der Waals surface area contributed by atoms with Crippen molar-refractivity contribution in [2.75, 3.05) is 0 Å². The molecule has 1 heterocycles. The molecule has 0 bridgehead atoms. The van der Waals surface area contributed by atoms with Gasteiger partial charge in [-0.05, 0) is 30.3 Å². The van der Waals surface area contributed by atoms with Gasteiger partial charge in [0.05, 0.1) is 11.1 Å². The monoisotopic (exact) mass is 296 g/mol. The molecule has 2 atom stereocenters. The van der Waals surface area contributed by atoms with Crippen molar-refractivity contribution >= 4 is 11.6 Å². The summed E-state index contributed by atoms with van der Waals surface area (Å²) in [5, 5.41) is 10.3. The summed E-state index contributed by atoms with van der Waals surface area (Å²) < 4.78 is 32.0. The molecule has 5 heteroatoms. The molecule has 0 amide bonds. The minimum Gasteiger partial charge on any atom is -0.485 e. The maximum Gasteiger partial charge on any atom is 0.128 e. The lowest BCUT2D eigenvalue weighted by atomic mass is 9.95. The number of aliphatic hydroxyl groups is 1. The summed E-state index contributed by atoms with van der Waals surface area (Å²) in [5.74, 6) is -0.446. The second-order valence-electron chi connectivity index (χ2n) is 4.71. The third-order valence-electron chi connectivity index (χ3n) is 3.35. The van der Waals surface area contributed by atoms with Crippen LogP contribution in [-0.2, 0) is 0 Å². The van der Waals surface area contributed by atoms with E-state index in [1.54, 1.807) is 0 Å². The van der Waals surface area contributed by atoms with Crippen molar-refractivity contribution in [3.8, 4) is 5.75 Å². The molecule has 0 aliphatic carbocycles. The largest absolute Gasteiger partial charge is 0.485 e. The van der Waals surface area contributed by atoms with E-state index in [2.05, 4.69) is 0 Å². The predicted molar refractivity (Wildman–Crippen MR) is 70.8 cm³/mol. The van der Waals surface area contributed by atoms with Gasteiger partial charge in [0.2, 0.25) is 0 Å². The van der Waals surface area contributed by atoms with Gasteiger partial charge in [0.25, 0.3) is 0 Å². The highest BCUT2D eigenvalue weighted by atomic mass is 35.5. The average molecular weight is 297 g/mol. The summed E-state index contributed by atoms with van der Waals surface area (Å²) in [6.07, 6.45) is -1.10. The van der Waals surface area contributed by atoms with E-state index in [0.29, 0.717) is 16.9 Å². The molecule has 0 radical (unpaired) electrons. The molecule has 1 aliphatic heterocycles. The molecule has 1 N–H and O–H groups in total. The van der Waals surface area contributed by atoms with Crippen LogP contribution in [0.2, 0.25) is 5.02 Å². The lowest BCUT2D eigenvalue weighted by Crippen LogP contribution is -2.19. The molecule has 0 saturated carbocycles. The van der Waals surface area contributed by atoms with E-state index >= 15 is 0 Å². The minimum absolute atomic E-state index is 0.238. The van der Waals surface area contributed by atoms with Crippen LogP contribution >= 0.6 is 11.6 Å². The molecule has 2 aromatic rings. The molecular weight excluding hydrogens is 286 g/mol. The maximum atomic E-state index is 13.2. The minimum atomic E-state index is -0.847. The molecule has 0 aromatic heterocycles. The van der Waals surface area contributed by atoms with Crippen molar-refractivity contribution < 1.29 is 18.6 Å². The smallest absolute Gasteiger partial charge is 0.128 e. The number of hydrogen-bond acceptors (Lipinski definition) is 2. The maximum absolute atomic E-state index is 13.2. The van der Waals surface area contributed by atoms with Crippen LogP contribution in [0.3, 0.4) is 0 Å². The first-order valence-electron chi connectivity index (χ1n) is 6.13. The van der Waals surface area contributed by atoms with Crippen LogP contribution in [0.1, 0.15) is 29.8 Å². The lowest BCUT2D eigenvalue weighted by Gasteiger charge is -2.30. The Morgan fingerprint density at radius 1 is 1.05 bits per heavy atom. The van der Waals surface area contributed by atoms with Gasteiger partial charge in [-0.25, -0.2) is 8.78 Å². The molecule has 0 fully saturated rings. The molecule has 1 unspecified atom stereocenters. The number of hydrogen-bond donors (Lipinski definition) is 1. The standard InChI is InChI=1S/C15H11ClF2O2/c16-12-6-9(18)1-3-10(12)15-7-13(19)11-5-8(17)2-4-14(11)20-15/h1-6,13,15,19H,7H2/t13-,15?/m1/s1. The Bertz CT molecular complexity index is 660. The molecule has 1 aliphatic rings. The molecule has 0 saturated heterocycles. The van der Waals surface area contributed by atoms with Crippen molar-refractivity contribution in [1.82, 2.24) is 0 Å². The van der Waals surface area contributed by atoms with Crippen LogP contribution in [0.5, 0.6) is 5.75 Å². The van der Waals surface area contributed by atoms with Crippen LogP contribution in [0.25, 0.3) is 0 Å². The highest BCUT2D eigenvalue weighted by molar-refractivity contribution is 6.31. The Morgan fingerprint density at radius 2 is 1.75 bits per heavy atom. The summed E-state index contributed by atoms with van der Waals surface area (Å²) in [6, 6.07) is 8.01. The zero-order valence-corrected chi connectivity index (χ0v) is 11.1. The van der Waals surface area contributed by atoms with Gasteiger partial charge in [0, 0.05) is 17.5 Å². The molecule has 20 heavy (non-hydrogen) atoms.